The minimum Gasteiger partial charge on any atom is -0.378 e. The van der Waals surface area contributed by atoms with E-state index in [1.165, 1.54) is 19.4 Å². The predicted octanol–water partition coefficient (Wildman–Crippen LogP) is 3.56. The van der Waals surface area contributed by atoms with Crippen LogP contribution in [0.3, 0.4) is 0 Å². The molecule has 2 nitrogen and oxygen atoms in total. The van der Waals surface area contributed by atoms with Gasteiger partial charge in [0.25, 0.3) is 0 Å². The molecule has 0 unspecified atom stereocenters. The van der Waals surface area contributed by atoms with Gasteiger partial charge in [-0.15, -0.1) is 0 Å². The molecular weight excluding hydrogens is 210 g/mol. The second-order valence-electron chi connectivity index (χ2n) is 8.09. The van der Waals surface area contributed by atoms with Gasteiger partial charge in [0.2, 0.25) is 0 Å². The quantitative estimate of drug-likeness (QED) is 0.746. The summed E-state index contributed by atoms with van der Waals surface area (Å²) in [6.45, 7) is 15.6. The van der Waals surface area contributed by atoms with E-state index >= 15 is 0 Å². The first-order chi connectivity index (χ1) is 7.57. The van der Waals surface area contributed by atoms with Gasteiger partial charge < -0.3 is 9.64 Å². The third-order valence-corrected chi connectivity index (χ3v) is 3.17. The summed E-state index contributed by atoms with van der Waals surface area (Å²) < 4.78 is 5.93. The maximum Gasteiger partial charge on any atom is 0.0605 e. The van der Waals surface area contributed by atoms with Crippen LogP contribution in [0.2, 0.25) is 0 Å². The molecule has 0 radical (unpaired) electrons. The van der Waals surface area contributed by atoms with E-state index in [0.717, 1.165) is 12.6 Å². The molecular formula is C15H31NO. The lowest BCUT2D eigenvalue weighted by Crippen LogP contribution is -2.49. The van der Waals surface area contributed by atoms with Gasteiger partial charge in [0.15, 0.2) is 0 Å². The normalized spacial score (nSPS) is 26.1. The molecule has 102 valence electrons. The molecule has 1 rings (SSSR count). The Labute approximate surface area is 108 Å². The first-order valence-corrected chi connectivity index (χ1v) is 6.89. The molecule has 0 N–H and O–H groups in total. The minimum atomic E-state index is 0.294. The molecule has 0 saturated heterocycles. The topological polar surface area (TPSA) is 12.5 Å². The van der Waals surface area contributed by atoms with Crippen LogP contribution in [0.5, 0.6) is 0 Å². The molecule has 0 aromatic heterocycles. The Hall–Kier alpha value is -0.0800. The van der Waals surface area contributed by atoms with E-state index in [4.69, 9.17) is 4.74 Å². The molecule has 0 atom stereocenters. The van der Waals surface area contributed by atoms with Crippen LogP contribution in [0.15, 0.2) is 0 Å². The predicted molar refractivity (Wildman–Crippen MR) is 74.3 cm³/mol. The fourth-order valence-corrected chi connectivity index (χ4v) is 2.28. The van der Waals surface area contributed by atoms with Crippen LogP contribution in [0, 0.1) is 10.8 Å². The standard InChI is InChI=1S/C15H31NO/c1-14(2,3)10-16(7)12-8-13(9-12)17-11-15(4,5)6/h12-13H,8-11H2,1-7H3. The van der Waals surface area contributed by atoms with E-state index in [9.17, 15) is 0 Å². The molecule has 1 aliphatic carbocycles. The fraction of sp³-hybridized carbons (Fsp3) is 1.00. The van der Waals surface area contributed by atoms with Gasteiger partial charge >= 0.3 is 0 Å². The highest BCUT2D eigenvalue weighted by Gasteiger charge is 2.34. The van der Waals surface area contributed by atoms with Crippen molar-refractivity contribution < 1.29 is 4.74 Å². The third-order valence-electron chi connectivity index (χ3n) is 3.17. The van der Waals surface area contributed by atoms with Gasteiger partial charge in [-0.25, -0.2) is 0 Å². The number of rotatable bonds is 4. The van der Waals surface area contributed by atoms with Gasteiger partial charge in [-0.1, -0.05) is 41.5 Å². The zero-order valence-electron chi connectivity index (χ0n) is 12.8. The first-order valence-electron chi connectivity index (χ1n) is 6.89. The molecule has 0 spiro atoms. The highest BCUT2D eigenvalue weighted by Crippen LogP contribution is 2.30. The second kappa shape index (κ2) is 5.27. The molecule has 0 aromatic carbocycles. The number of hydrogen-bond donors (Lipinski definition) is 0. The van der Waals surface area contributed by atoms with Crippen molar-refractivity contribution in [2.75, 3.05) is 20.2 Å². The Morgan fingerprint density at radius 3 is 1.94 bits per heavy atom. The molecule has 0 amide bonds. The average Bonchev–Trinajstić information content (AvgIpc) is 1.94. The van der Waals surface area contributed by atoms with Crippen LogP contribution in [0.4, 0.5) is 0 Å². The summed E-state index contributed by atoms with van der Waals surface area (Å²) in [4.78, 5) is 2.50. The summed E-state index contributed by atoms with van der Waals surface area (Å²) in [5, 5.41) is 0. The highest BCUT2D eigenvalue weighted by molar-refractivity contribution is 4.88. The van der Waals surface area contributed by atoms with Gasteiger partial charge in [-0.05, 0) is 30.7 Å². The minimum absolute atomic E-state index is 0.294. The van der Waals surface area contributed by atoms with Crippen molar-refractivity contribution in [3.8, 4) is 0 Å². The Kier molecular flexibility index (Phi) is 4.65. The van der Waals surface area contributed by atoms with E-state index in [2.05, 4.69) is 53.5 Å². The molecule has 17 heavy (non-hydrogen) atoms. The summed E-state index contributed by atoms with van der Waals surface area (Å²) in [5.41, 5.74) is 0.689. The molecule has 1 fully saturated rings. The van der Waals surface area contributed by atoms with Crippen LogP contribution < -0.4 is 0 Å². The van der Waals surface area contributed by atoms with Gasteiger partial charge in [0.05, 0.1) is 12.7 Å². The van der Waals surface area contributed by atoms with Crippen molar-refractivity contribution in [1.29, 1.82) is 0 Å². The number of ether oxygens (including phenoxy) is 1. The van der Waals surface area contributed by atoms with Crippen molar-refractivity contribution in [2.45, 2.75) is 66.5 Å². The molecule has 0 aliphatic heterocycles. The summed E-state index contributed by atoms with van der Waals surface area (Å²) in [6.07, 6.45) is 2.92. The lowest BCUT2D eigenvalue weighted by atomic mass is 9.85. The van der Waals surface area contributed by atoms with Gasteiger partial charge in [-0.2, -0.15) is 0 Å². The van der Waals surface area contributed by atoms with Crippen molar-refractivity contribution in [2.24, 2.45) is 10.8 Å². The second-order valence-corrected chi connectivity index (χ2v) is 8.09. The Bertz CT molecular complexity index is 230. The van der Waals surface area contributed by atoms with Crippen molar-refractivity contribution in [1.82, 2.24) is 4.90 Å². The van der Waals surface area contributed by atoms with E-state index in [1.807, 2.05) is 0 Å². The van der Waals surface area contributed by atoms with Crippen molar-refractivity contribution in [3.05, 3.63) is 0 Å². The van der Waals surface area contributed by atoms with E-state index < -0.39 is 0 Å². The molecule has 1 saturated carbocycles. The molecule has 2 heteroatoms. The van der Waals surface area contributed by atoms with E-state index in [1.54, 1.807) is 0 Å². The lowest BCUT2D eigenvalue weighted by Gasteiger charge is -2.43. The Morgan fingerprint density at radius 2 is 1.53 bits per heavy atom. The Morgan fingerprint density at radius 1 is 1.00 bits per heavy atom. The van der Waals surface area contributed by atoms with Crippen LogP contribution in [0.25, 0.3) is 0 Å². The lowest BCUT2D eigenvalue weighted by molar-refractivity contribution is -0.0714. The SMILES string of the molecule is CN(CC(C)(C)C)C1CC(OCC(C)(C)C)C1. The van der Waals surface area contributed by atoms with Crippen molar-refractivity contribution in [3.63, 3.8) is 0 Å². The zero-order valence-corrected chi connectivity index (χ0v) is 12.8. The molecule has 0 bridgehead atoms. The van der Waals surface area contributed by atoms with Crippen LogP contribution in [0.1, 0.15) is 54.4 Å². The summed E-state index contributed by atoms with van der Waals surface area (Å²) in [5.74, 6) is 0. The highest BCUT2D eigenvalue weighted by atomic mass is 16.5. The largest absolute Gasteiger partial charge is 0.378 e. The van der Waals surface area contributed by atoms with E-state index in [-0.39, 0.29) is 0 Å². The summed E-state index contributed by atoms with van der Waals surface area (Å²) in [6, 6.07) is 0.735. The third kappa shape index (κ3) is 5.87. The summed E-state index contributed by atoms with van der Waals surface area (Å²) in [7, 11) is 2.25. The van der Waals surface area contributed by atoms with Gasteiger partial charge in [0.1, 0.15) is 0 Å². The van der Waals surface area contributed by atoms with Crippen molar-refractivity contribution >= 4 is 0 Å². The maximum absolute atomic E-state index is 5.93. The number of hydrogen-bond acceptors (Lipinski definition) is 2. The fourth-order valence-electron chi connectivity index (χ4n) is 2.28. The molecule has 0 aromatic rings. The molecule has 1 aliphatic rings. The first kappa shape index (κ1) is 15.0. The monoisotopic (exact) mass is 241 g/mol. The average molecular weight is 241 g/mol. The maximum atomic E-state index is 5.93. The van der Waals surface area contributed by atoms with Crippen LogP contribution in [-0.4, -0.2) is 37.2 Å². The molecule has 0 heterocycles. The summed E-state index contributed by atoms with van der Waals surface area (Å²) >= 11 is 0. The smallest absolute Gasteiger partial charge is 0.0605 e. The van der Waals surface area contributed by atoms with E-state index in [0.29, 0.717) is 16.9 Å². The van der Waals surface area contributed by atoms with Crippen LogP contribution >= 0.6 is 0 Å². The zero-order chi connectivity index (χ0) is 13.3. The Balaban J connectivity index is 2.19. The number of nitrogens with zero attached hydrogens (tertiary/aromatic N) is 1. The van der Waals surface area contributed by atoms with Crippen LogP contribution in [-0.2, 0) is 4.74 Å². The van der Waals surface area contributed by atoms with Gasteiger partial charge in [-0.3, -0.25) is 0 Å². The van der Waals surface area contributed by atoms with Gasteiger partial charge in [0, 0.05) is 12.6 Å².